The zero-order valence-electron chi connectivity index (χ0n) is 11.7. The van der Waals surface area contributed by atoms with E-state index in [-0.39, 0.29) is 5.91 Å². The maximum atomic E-state index is 12.6. The van der Waals surface area contributed by atoms with Gasteiger partial charge in [0.15, 0.2) is 6.04 Å². The molecule has 2 aromatic rings. The molecule has 1 aliphatic heterocycles. The molecule has 4 heteroatoms. The second-order valence-corrected chi connectivity index (χ2v) is 4.93. The first-order chi connectivity index (χ1) is 10.2. The highest BCUT2D eigenvalue weighted by molar-refractivity contribution is 6.03. The molecule has 0 saturated heterocycles. The van der Waals surface area contributed by atoms with E-state index in [1.54, 1.807) is 23.1 Å². The Balaban J connectivity index is 1.99. The molecule has 1 atom stereocenters. The van der Waals surface area contributed by atoms with Crippen LogP contribution in [-0.4, -0.2) is 23.9 Å². The monoisotopic (exact) mass is 281 g/mol. The van der Waals surface area contributed by atoms with Crippen LogP contribution in [0.4, 0.5) is 0 Å². The van der Waals surface area contributed by atoms with Crippen LogP contribution in [0, 0.1) is 0 Å². The number of nitrogens with zero attached hydrogens (tertiary/aromatic N) is 1. The van der Waals surface area contributed by atoms with Gasteiger partial charge in [-0.1, -0.05) is 48.5 Å². The molecule has 0 spiro atoms. The van der Waals surface area contributed by atoms with E-state index < -0.39 is 12.0 Å². The number of fused-ring (bicyclic) bond motifs is 1. The molecule has 0 saturated carbocycles. The molecule has 0 bridgehead atoms. The SMILES string of the molecule is COC(=O)[C@H]1c2ccccc2C(=O)N1Cc1ccccc1. The summed E-state index contributed by atoms with van der Waals surface area (Å²) in [4.78, 5) is 26.2. The van der Waals surface area contributed by atoms with Crippen LogP contribution >= 0.6 is 0 Å². The van der Waals surface area contributed by atoms with Crippen LogP contribution in [0.15, 0.2) is 54.6 Å². The van der Waals surface area contributed by atoms with Gasteiger partial charge in [-0.05, 0) is 17.2 Å². The molecule has 0 aromatic heterocycles. The molecular formula is C17H15NO3. The lowest BCUT2D eigenvalue weighted by Crippen LogP contribution is -2.32. The van der Waals surface area contributed by atoms with Gasteiger partial charge in [0, 0.05) is 12.1 Å². The number of rotatable bonds is 3. The summed E-state index contributed by atoms with van der Waals surface area (Å²) in [5, 5.41) is 0. The highest BCUT2D eigenvalue weighted by atomic mass is 16.5. The second-order valence-electron chi connectivity index (χ2n) is 4.93. The van der Waals surface area contributed by atoms with Crippen molar-refractivity contribution < 1.29 is 14.3 Å². The van der Waals surface area contributed by atoms with Crippen LogP contribution in [0.3, 0.4) is 0 Å². The predicted octanol–water partition coefficient (Wildman–Crippen LogP) is 2.56. The van der Waals surface area contributed by atoms with Crippen LogP contribution in [0.25, 0.3) is 0 Å². The standard InChI is InChI=1S/C17H15NO3/c1-21-17(20)15-13-9-5-6-10-14(13)16(19)18(15)11-12-7-3-2-4-8-12/h2-10,15H,11H2,1H3/t15-/m1/s1. The molecule has 0 radical (unpaired) electrons. The van der Waals surface area contributed by atoms with Crippen LogP contribution in [0.2, 0.25) is 0 Å². The smallest absolute Gasteiger partial charge is 0.333 e. The summed E-state index contributed by atoms with van der Waals surface area (Å²) >= 11 is 0. The summed E-state index contributed by atoms with van der Waals surface area (Å²) in [5.74, 6) is -0.547. The summed E-state index contributed by atoms with van der Waals surface area (Å²) in [7, 11) is 1.34. The summed E-state index contributed by atoms with van der Waals surface area (Å²) in [6.45, 7) is 0.383. The van der Waals surface area contributed by atoms with Gasteiger partial charge >= 0.3 is 5.97 Å². The molecule has 0 N–H and O–H groups in total. The minimum Gasteiger partial charge on any atom is -0.467 e. The lowest BCUT2D eigenvalue weighted by atomic mass is 10.0. The van der Waals surface area contributed by atoms with Gasteiger partial charge < -0.3 is 9.64 Å². The summed E-state index contributed by atoms with van der Waals surface area (Å²) in [6, 6.07) is 16.1. The van der Waals surface area contributed by atoms with Crippen molar-refractivity contribution in [1.82, 2.24) is 4.90 Å². The summed E-state index contributed by atoms with van der Waals surface area (Å²) < 4.78 is 4.87. The van der Waals surface area contributed by atoms with E-state index in [1.165, 1.54) is 7.11 Å². The van der Waals surface area contributed by atoms with Crippen molar-refractivity contribution in [3.05, 3.63) is 71.3 Å². The van der Waals surface area contributed by atoms with Gasteiger partial charge in [-0.2, -0.15) is 0 Å². The molecule has 1 amide bonds. The third-order valence-corrected chi connectivity index (χ3v) is 3.68. The van der Waals surface area contributed by atoms with E-state index in [2.05, 4.69) is 0 Å². The van der Waals surface area contributed by atoms with Crippen LogP contribution in [-0.2, 0) is 16.1 Å². The van der Waals surface area contributed by atoms with Crippen LogP contribution < -0.4 is 0 Å². The lowest BCUT2D eigenvalue weighted by Gasteiger charge is -2.23. The summed E-state index contributed by atoms with van der Waals surface area (Å²) in [6.07, 6.45) is 0. The molecule has 2 aromatic carbocycles. The van der Waals surface area contributed by atoms with E-state index in [9.17, 15) is 9.59 Å². The van der Waals surface area contributed by atoms with E-state index >= 15 is 0 Å². The fourth-order valence-electron chi connectivity index (χ4n) is 2.68. The van der Waals surface area contributed by atoms with Crippen molar-refractivity contribution in [1.29, 1.82) is 0 Å². The van der Waals surface area contributed by atoms with Crippen molar-refractivity contribution in [2.24, 2.45) is 0 Å². The Labute approximate surface area is 123 Å². The van der Waals surface area contributed by atoms with E-state index in [0.29, 0.717) is 17.7 Å². The topological polar surface area (TPSA) is 46.6 Å². The number of carbonyl (C=O) groups excluding carboxylic acids is 2. The normalized spacial score (nSPS) is 16.7. The van der Waals surface area contributed by atoms with Gasteiger partial charge in [0.25, 0.3) is 5.91 Å². The van der Waals surface area contributed by atoms with Crippen molar-refractivity contribution in [2.45, 2.75) is 12.6 Å². The number of amides is 1. The largest absolute Gasteiger partial charge is 0.467 e. The predicted molar refractivity (Wildman–Crippen MR) is 77.5 cm³/mol. The highest BCUT2D eigenvalue weighted by Gasteiger charge is 2.41. The van der Waals surface area contributed by atoms with Gasteiger partial charge in [-0.25, -0.2) is 4.79 Å². The Hall–Kier alpha value is -2.62. The van der Waals surface area contributed by atoms with E-state index in [1.807, 2.05) is 36.4 Å². The van der Waals surface area contributed by atoms with Crippen molar-refractivity contribution in [2.75, 3.05) is 7.11 Å². The minimum absolute atomic E-state index is 0.134. The Morgan fingerprint density at radius 2 is 1.76 bits per heavy atom. The molecule has 0 aliphatic carbocycles. The fraction of sp³-hybridized carbons (Fsp3) is 0.176. The first kappa shape index (κ1) is 13.4. The summed E-state index contributed by atoms with van der Waals surface area (Å²) in [5.41, 5.74) is 2.27. The number of hydrogen-bond acceptors (Lipinski definition) is 3. The molecular weight excluding hydrogens is 266 g/mol. The molecule has 3 rings (SSSR count). The van der Waals surface area contributed by atoms with E-state index in [0.717, 1.165) is 5.56 Å². The molecule has 4 nitrogen and oxygen atoms in total. The number of hydrogen-bond donors (Lipinski definition) is 0. The molecule has 1 heterocycles. The number of methoxy groups -OCH3 is 1. The Morgan fingerprint density at radius 3 is 2.48 bits per heavy atom. The van der Waals surface area contributed by atoms with E-state index in [4.69, 9.17) is 4.74 Å². The first-order valence-electron chi connectivity index (χ1n) is 6.74. The maximum Gasteiger partial charge on any atom is 0.333 e. The fourth-order valence-corrected chi connectivity index (χ4v) is 2.68. The van der Waals surface area contributed by atoms with Crippen LogP contribution in [0.5, 0.6) is 0 Å². The number of esters is 1. The first-order valence-corrected chi connectivity index (χ1v) is 6.74. The molecule has 106 valence electrons. The Kier molecular flexibility index (Phi) is 3.44. The molecule has 21 heavy (non-hydrogen) atoms. The Morgan fingerprint density at radius 1 is 1.10 bits per heavy atom. The van der Waals surface area contributed by atoms with Crippen LogP contribution in [0.1, 0.15) is 27.5 Å². The lowest BCUT2D eigenvalue weighted by molar-refractivity contribution is -0.146. The van der Waals surface area contributed by atoms with Crippen molar-refractivity contribution >= 4 is 11.9 Å². The van der Waals surface area contributed by atoms with Gasteiger partial charge in [0.1, 0.15) is 0 Å². The quantitative estimate of drug-likeness (QED) is 0.812. The second kappa shape index (κ2) is 5.40. The van der Waals surface area contributed by atoms with Gasteiger partial charge in [-0.3, -0.25) is 4.79 Å². The van der Waals surface area contributed by atoms with Crippen molar-refractivity contribution in [3.63, 3.8) is 0 Å². The minimum atomic E-state index is -0.668. The zero-order valence-corrected chi connectivity index (χ0v) is 11.7. The average molecular weight is 281 g/mol. The number of carbonyl (C=O) groups is 2. The number of ether oxygens (including phenoxy) is 1. The Bertz CT molecular complexity index is 681. The maximum absolute atomic E-state index is 12.6. The average Bonchev–Trinajstić information content (AvgIpc) is 2.81. The van der Waals surface area contributed by atoms with Gasteiger partial charge in [-0.15, -0.1) is 0 Å². The van der Waals surface area contributed by atoms with Gasteiger partial charge in [0.2, 0.25) is 0 Å². The zero-order chi connectivity index (χ0) is 14.8. The van der Waals surface area contributed by atoms with Gasteiger partial charge in [0.05, 0.1) is 7.11 Å². The number of benzene rings is 2. The third-order valence-electron chi connectivity index (χ3n) is 3.68. The highest BCUT2D eigenvalue weighted by Crippen LogP contribution is 2.35. The van der Waals surface area contributed by atoms with Crippen molar-refractivity contribution in [3.8, 4) is 0 Å². The molecule has 0 unspecified atom stereocenters. The third kappa shape index (κ3) is 2.29. The molecule has 1 aliphatic rings. The molecule has 0 fully saturated rings.